The van der Waals surface area contributed by atoms with Gasteiger partial charge in [0.2, 0.25) is 0 Å². The zero-order chi connectivity index (χ0) is 10.7. The number of hydrogen-bond donors (Lipinski definition) is 2. The molecule has 0 spiro atoms. The second-order valence-corrected chi connectivity index (χ2v) is 4.13. The summed E-state index contributed by atoms with van der Waals surface area (Å²) in [6, 6.07) is 7.01. The molecule has 1 aliphatic rings. The van der Waals surface area contributed by atoms with E-state index in [9.17, 15) is 4.79 Å². The van der Waals surface area contributed by atoms with Crippen LogP contribution in [0.25, 0.3) is 0 Å². The van der Waals surface area contributed by atoms with E-state index >= 15 is 0 Å². The van der Waals surface area contributed by atoms with Gasteiger partial charge in [-0.2, -0.15) is 0 Å². The summed E-state index contributed by atoms with van der Waals surface area (Å²) in [5.74, 6) is 0.699. The minimum atomic E-state index is 0. The molecule has 1 aromatic rings. The number of carbonyl (C=O) groups is 1. The molecule has 88 valence electrons. The summed E-state index contributed by atoms with van der Waals surface area (Å²) in [7, 11) is 0. The number of nitrogen functional groups attached to an aromatic ring is 1. The first-order valence-corrected chi connectivity index (χ1v) is 5.39. The molecule has 1 saturated carbocycles. The van der Waals surface area contributed by atoms with Gasteiger partial charge < -0.3 is 11.1 Å². The molecule has 1 amide bonds. The van der Waals surface area contributed by atoms with Gasteiger partial charge in [0, 0.05) is 17.8 Å². The maximum Gasteiger partial charge on any atom is 0.251 e. The summed E-state index contributed by atoms with van der Waals surface area (Å²) < 4.78 is 0. The van der Waals surface area contributed by atoms with Gasteiger partial charge in [-0.1, -0.05) is 6.42 Å². The minimum absolute atomic E-state index is 0. The van der Waals surface area contributed by atoms with Crippen LogP contribution in [0.4, 0.5) is 5.69 Å². The van der Waals surface area contributed by atoms with Crippen molar-refractivity contribution in [3.63, 3.8) is 0 Å². The van der Waals surface area contributed by atoms with Gasteiger partial charge in [0.1, 0.15) is 0 Å². The molecule has 3 N–H and O–H groups in total. The van der Waals surface area contributed by atoms with Crippen LogP contribution in [0.2, 0.25) is 0 Å². The Balaban J connectivity index is 0.00000128. The second kappa shape index (κ2) is 5.75. The fourth-order valence-corrected chi connectivity index (χ4v) is 1.67. The van der Waals surface area contributed by atoms with Crippen molar-refractivity contribution in [1.82, 2.24) is 5.32 Å². The van der Waals surface area contributed by atoms with Crippen molar-refractivity contribution >= 4 is 24.0 Å². The second-order valence-electron chi connectivity index (χ2n) is 4.13. The van der Waals surface area contributed by atoms with E-state index in [-0.39, 0.29) is 18.3 Å². The van der Waals surface area contributed by atoms with Crippen molar-refractivity contribution in [3.05, 3.63) is 29.8 Å². The minimum Gasteiger partial charge on any atom is -0.399 e. The van der Waals surface area contributed by atoms with Crippen molar-refractivity contribution in [2.24, 2.45) is 5.92 Å². The van der Waals surface area contributed by atoms with Crippen molar-refractivity contribution in [2.75, 3.05) is 12.3 Å². The molecular formula is C12H17ClN2O. The predicted octanol–water partition coefficient (Wildman–Crippen LogP) is 2.22. The number of hydrogen-bond acceptors (Lipinski definition) is 2. The number of rotatable bonds is 3. The molecule has 0 saturated heterocycles. The Morgan fingerprint density at radius 3 is 2.44 bits per heavy atom. The number of amides is 1. The molecule has 16 heavy (non-hydrogen) atoms. The van der Waals surface area contributed by atoms with Crippen molar-refractivity contribution in [1.29, 1.82) is 0 Å². The van der Waals surface area contributed by atoms with Gasteiger partial charge in [-0.15, -0.1) is 12.4 Å². The maximum atomic E-state index is 11.6. The third kappa shape index (κ3) is 3.14. The van der Waals surface area contributed by atoms with Gasteiger partial charge in [-0.05, 0) is 43.0 Å². The highest BCUT2D eigenvalue weighted by atomic mass is 35.5. The number of anilines is 1. The van der Waals surface area contributed by atoms with Crippen LogP contribution in [0.5, 0.6) is 0 Å². The highest BCUT2D eigenvalue weighted by molar-refractivity contribution is 5.94. The Labute approximate surface area is 102 Å². The van der Waals surface area contributed by atoms with E-state index in [1.165, 1.54) is 19.3 Å². The first-order valence-electron chi connectivity index (χ1n) is 5.39. The highest BCUT2D eigenvalue weighted by Crippen LogP contribution is 2.25. The molecular weight excluding hydrogens is 224 g/mol. The number of nitrogens with two attached hydrogens (primary N) is 1. The Kier molecular flexibility index (Phi) is 4.62. The molecule has 0 bridgehead atoms. The summed E-state index contributed by atoms with van der Waals surface area (Å²) in [5, 5.41) is 2.94. The zero-order valence-electron chi connectivity index (χ0n) is 9.11. The zero-order valence-corrected chi connectivity index (χ0v) is 9.93. The van der Waals surface area contributed by atoms with E-state index < -0.39 is 0 Å². The van der Waals surface area contributed by atoms with E-state index in [4.69, 9.17) is 5.73 Å². The van der Waals surface area contributed by atoms with Gasteiger partial charge >= 0.3 is 0 Å². The largest absolute Gasteiger partial charge is 0.399 e. The summed E-state index contributed by atoms with van der Waals surface area (Å²) in [4.78, 5) is 11.6. The molecule has 3 nitrogen and oxygen atoms in total. The molecule has 0 radical (unpaired) electrons. The lowest BCUT2D eigenvalue weighted by atomic mass is 9.85. The van der Waals surface area contributed by atoms with E-state index in [1.54, 1.807) is 24.3 Å². The SMILES string of the molecule is Cl.Nc1ccc(C(=O)NCC2CCC2)cc1. The summed E-state index contributed by atoms with van der Waals surface area (Å²) >= 11 is 0. The molecule has 0 aliphatic heterocycles. The molecule has 0 unspecified atom stereocenters. The van der Waals surface area contributed by atoms with Gasteiger partial charge in [-0.25, -0.2) is 0 Å². The maximum absolute atomic E-state index is 11.6. The van der Waals surface area contributed by atoms with Gasteiger partial charge in [0.15, 0.2) is 0 Å². The lowest BCUT2D eigenvalue weighted by Gasteiger charge is -2.25. The van der Waals surface area contributed by atoms with Crippen LogP contribution in [0.3, 0.4) is 0 Å². The lowest BCUT2D eigenvalue weighted by Crippen LogP contribution is -2.32. The Morgan fingerprint density at radius 2 is 1.94 bits per heavy atom. The van der Waals surface area contributed by atoms with Crippen LogP contribution in [0, 0.1) is 5.92 Å². The molecule has 1 aromatic carbocycles. The third-order valence-electron chi connectivity index (χ3n) is 2.95. The normalized spacial score (nSPS) is 14.8. The topological polar surface area (TPSA) is 55.1 Å². The Morgan fingerprint density at radius 1 is 1.31 bits per heavy atom. The summed E-state index contributed by atoms with van der Waals surface area (Å²) in [5.41, 5.74) is 6.92. The van der Waals surface area contributed by atoms with Crippen LogP contribution in [0.15, 0.2) is 24.3 Å². The summed E-state index contributed by atoms with van der Waals surface area (Å²) in [6.45, 7) is 0.809. The first-order chi connectivity index (χ1) is 7.25. The standard InChI is InChI=1S/C12H16N2O.ClH/c13-11-6-4-10(5-7-11)12(15)14-8-9-2-1-3-9;/h4-7,9H,1-3,8,13H2,(H,14,15);1H. The molecule has 1 aliphatic carbocycles. The van der Waals surface area contributed by atoms with Crippen LogP contribution in [0.1, 0.15) is 29.6 Å². The number of halogens is 1. The first kappa shape index (κ1) is 12.8. The van der Waals surface area contributed by atoms with Crippen LogP contribution < -0.4 is 11.1 Å². The van der Waals surface area contributed by atoms with Crippen LogP contribution in [-0.4, -0.2) is 12.5 Å². The van der Waals surface area contributed by atoms with Crippen LogP contribution in [-0.2, 0) is 0 Å². The Hall–Kier alpha value is -1.22. The fraction of sp³-hybridized carbons (Fsp3) is 0.417. The van der Waals surface area contributed by atoms with E-state index in [0.717, 1.165) is 6.54 Å². The monoisotopic (exact) mass is 240 g/mol. The molecule has 2 rings (SSSR count). The van der Waals surface area contributed by atoms with Gasteiger partial charge in [0.05, 0.1) is 0 Å². The van der Waals surface area contributed by atoms with Gasteiger partial charge in [0.25, 0.3) is 5.91 Å². The average molecular weight is 241 g/mol. The summed E-state index contributed by atoms with van der Waals surface area (Å²) in [6.07, 6.45) is 3.81. The highest BCUT2D eigenvalue weighted by Gasteiger charge is 2.18. The van der Waals surface area contributed by atoms with Crippen molar-refractivity contribution in [3.8, 4) is 0 Å². The van der Waals surface area contributed by atoms with Crippen LogP contribution >= 0.6 is 12.4 Å². The molecule has 0 atom stereocenters. The molecule has 0 heterocycles. The fourth-order valence-electron chi connectivity index (χ4n) is 1.67. The molecule has 0 aromatic heterocycles. The van der Waals surface area contributed by atoms with E-state index in [0.29, 0.717) is 17.2 Å². The Bertz CT molecular complexity index is 347. The quantitative estimate of drug-likeness (QED) is 0.796. The molecule has 1 fully saturated rings. The number of nitrogens with one attached hydrogen (secondary N) is 1. The van der Waals surface area contributed by atoms with Gasteiger partial charge in [-0.3, -0.25) is 4.79 Å². The predicted molar refractivity (Wildman–Crippen MR) is 67.8 cm³/mol. The van der Waals surface area contributed by atoms with Crippen molar-refractivity contribution in [2.45, 2.75) is 19.3 Å². The average Bonchev–Trinajstić information content (AvgIpc) is 2.16. The number of carbonyl (C=O) groups excluding carboxylic acids is 1. The number of benzene rings is 1. The van der Waals surface area contributed by atoms with E-state index in [2.05, 4.69) is 5.32 Å². The van der Waals surface area contributed by atoms with E-state index in [1.807, 2.05) is 0 Å². The third-order valence-corrected chi connectivity index (χ3v) is 2.95. The molecule has 4 heteroatoms. The van der Waals surface area contributed by atoms with Crippen molar-refractivity contribution < 1.29 is 4.79 Å². The smallest absolute Gasteiger partial charge is 0.251 e. The lowest BCUT2D eigenvalue weighted by molar-refractivity contribution is 0.0939.